The van der Waals surface area contributed by atoms with Crippen LogP contribution in [0, 0.1) is 11.6 Å². The molecule has 0 heterocycles. The predicted molar refractivity (Wildman–Crippen MR) is 78.7 cm³/mol. The minimum atomic E-state index is -0.927. The number of halogens is 2. The van der Waals surface area contributed by atoms with Gasteiger partial charge in [-0.15, -0.1) is 0 Å². The molecule has 21 heavy (non-hydrogen) atoms. The van der Waals surface area contributed by atoms with E-state index in [0.717, 1.165) is 18.7 Å². The highest BCUT2D eigenvalue weighted by molar-refractivity contribution is 5.20. The van der Waals surface area contributed by atoms with E-state index in [1.54, 1.807) is 0 Å². The van der Waals surface area contributed by atoms with Gasteiger partial charge < -0.3 is 10.0 Å². The standard InChI is InChI=1S/C17H19F2NO/c1-20(12-13-5-3-2-4-6-13)10-9-17(21)14-7-8-15(18)16(19)11-14/h2-8,11,17,21H,9-10,12H2,1H3. The number of nitrogens with zero attached hydrogens (tertiary/aromatic N) is 1. The molecule has 4 heteroatoms. The Hall–Kier alpha value is -1.78. The summed E-state index contributed by atoms with van der Waals surface area (Å²) < 4.78 is 26.0. The predicted octanol–water partition coefficient (Wildman–Crippen LogP) is 3.52. The Morgan fingerprint density at radius 3 is 2.43 bits per heavy atom. The summed E-state index contributed by atoms with van der Waals surface area (Å²) in [6, 6.07) is 13.5. The van der Waals surface area contributed by atoms with Gasteiger partial charge in [0, 0.05) is 13.1 Å². The lowest BCUT2D eigenvalue weighted by Gasteiger charge is -2.19. The summed E-state index contributed by atoms with van der Waals surface area (Å²) in [5, 5.41) is 10.0. The fourth-order valence-corrected chi connectivity index (χ4v) is 2.20. The van der Waals surface area contributed by atoms with Crippen LogP contribution in [0.2, 0.25) is 0 Å². The summed E-state index contributed by atoms with van der Waals surface area (Å²) in [6.07, 6.45) is -0.327. The van der Waals surface area contributed by atoms with E-state index >= 15 is 0 Å². The lowest BCUT2D eigenvalue weighted by Crippen LogP contribution is -2.21. The molecular weight excluding hydrogens is 272 g/mol. The van der Waals surface area contributed by atoms with Crippen LogP contribution in [-0.4, -0.2) is 23.6 Å². The van der Waals surface area contributed by atoms with Gasteiger partial charge in [-0.25, -0.2) is 8.78 Å². The maximum atomic E-state index is 13.1. The zero-order chi connectivity index (χ0) is 15.2. The number of aliphatic hydroxyl groups excluding tert-OH is 1. The summed E-state index contributed by atoms with van der Waals surface area (Å²) in [5.41, 5.74) is 1.60. The smallest absolute Gasteiger partial charge is 0.159 e. The average molecular weight is 291 g/mol. The van der Waals surface area contributed by atoms with E-state index in [0.29, 0.717) is 18.5 Å². The van der Waals surface area contributed by atoms with Crippen molar-refractivity contribution in [2.45, 2.75) is 19.1 Å². The molecule has 1 N–H and O–H groups in total. The van der Waals surface area contributed by atoms with Crippen LogP contribution in [0.4, 0.5) is 8.78 Å². The largest absolute Gasteiger partial charge is 0.388 e. The number of hydrogen-bond acceptors (Lipinski definition) is 2. The Morgan fingerprint density at radius 2 is 1.76 bits per heavy atom. The van der Waals surface area contributed by atoms with Crippen LogP contribution < -0.4 is 0 Å². The maximum Gasteiger partial charge on any atom is 0.159 e. The first kappa shape index (κ1) is 15.6. The van der Waals surface area contributed by atoms with Crippen LogP contribution in [0.15, 0.2) is 48.5 Å². The summed E-state index contributed by atoms with van der Waals surface area (Å²) in [7, 11) is 1.96. The van der Waals surface area contributed by atoms with Crippen molar-refractivity contribution in [2.24, 2.45) is 0 Å². The Bertz CT molecular complexity index is 574. The molecule has 0 amide bonds. The lowest BCUT2D eigenvalue weighted by atomic mass is 10.1. The summed E-state index contributed by atoms with van der Waals surface area (Å²) in [4.78, 5) is 2.08. The first-order chi connectivity index (χ1) is 10.1. The third kappa shape index (κ3) is 4.62. The zero-order valence-electron chi connectivity index (χ0n) is 12.0. The summed E-state index contributed by atoms with van der Waals surface area (Å²) >= 11 is 0. The Balaban J connectivity index is 1.85. The minimum absolute atomic E-state index is 0.405. The second-order valence-corrected chi connectivity index (χ2v) is 5.20. The second-order valence-electron chi connectivity index (χ2n) is 5.20. The van der Waals surface area contributed by atoms with Gasteiger partial charge in [0.1, 0.15) is 0 Å². The number of benzene rings is 2. The Morgan fingerprint density at radius 1 is 1.05 bits per heavy atom. The highest BCUT2D eigenvalue weighted by Gasteiger charge is 2.12. The molecule has 2 rings (SSSR count). The van der Waals surface area contributed by atoms with E-state index in [4.69, 9.17) is 0 Å². The molecule has 0 fully saturated rings. The molecule has 0 radical (unpaired) electrons. The van der Waals surface area contributed by atoms with Crippen molar-refractivity contribution >= 4 is 0 Å². The number of rotatable bonds is 6. The molecule has 0 saturated heterocycles. The first-order valence-electron chi connectivity index (χ1n) is 6.92. The topological polar surface area (TPSA) is 23.5 Å². The van der Waals surface area contributed by atoms with E-state index in [1.165, 1.54) is 11.6 Å². The average Bonchev–Trinajstić information content (AvgIpc) is 2.48. The van der Waals surface area contributed by atoms with Gasteiger partial charge >= 0.3 is 0 Å². The third-order valence-corrected chi connectivity index (χ3v) is 3.41. The Kier molecular flexibility index (Phi) is 5.42. The molecule has 0 aromatic heterocycles. The molecule has 0 aliphatic rings. The number of hydrogen-bond donors (Lipinski definition) is 1. The highest BCUT2D eigenvalue weighted by Crippen LogP contribution is 2.19. The monoisotopic (exact) mass is 291 g/mol. The molecule has 0 spiro atoms. The SMILES string of the molecule is CN(CCC(O)c1ccc(F)c(F)c1)Cc1ccccc1. The van der Waals surface area contributed by atoms with Crippen LogP contribution in [0.1, 0.15) is 23.7 Å². The molecule has 2 aromatic carbocycles. The number of aliphatic hydroxyl groups is 1. The molecule has 0 bridgehead atoms. The van der Waals surface area contributed by atoms with Crippen LogP contribution in [0.3, 0.4) is 0 Å². The van der Waals surface area contributed by atoms with E-state index < -0.39 is 17.7 Å². The van der Waals surface area contributed by atoms with Gasteiger partial charge in [0.05, 0.1) is 6.10 Å². The van der Waals surface area contributed by atoms with E-state index in [9.17, 15) is 13.9 Å². The minimum Gasteiger partial charge on any atom is -0.388 e. The van der Waals surface area contributed by atoms with Gasteiger partial charge in [0.2, 0.25) is 0 Å². The van der Waals surface area contributed by atoms with Gasteiger partial charge in [0.15, 0.2) is 11.6 Å². The zero-order valence-corrected chi connectivity index (χ0v) is 12.0. The van der Waals surface area contributed by atoms with Crippen molar-refractivity contribution in [1.82, 2.24) is 4.90 Å². The molecule has 2 nitrogen and oxygen atoms in total. The van der Waals surface area contributed by atoms with Gasteiger partial charge in [0.25, 0.3) is 0 Å². The molecule has 0 saturated carbocycles. The van der Waals surface area contributed by atoms with Crippen molar-refractivity contribution < 1.29 is 13.9 Å². The van der Waals surface area contributed by atoms with E-state index in [-0.39, 0.29) is 0 Å². The normalized spacial score (nSPS) is 12.6. The molecule has 1 unspecified atom stereocenters. The van der Waals surface area contributed by atoms with Crippen LogP contribution in [0.25, 0.3) is 0 Å². The van der Waals surface area contributed by atoms with Gasteiger partial charge in [-0.3, -0.25) is 0 Å². The van der Waals surface area contributed by atoms with Gasteiger partial charge in [-0.2, -0.15) is 0 Å². The summed E-state index contributed by atoms with van der Waals surface area (Å²) in [6.45, 7) is 1.44. The van der Waals surface area contributed by atoms with Crippen molar-refractivity contribution in [3.05, 3.63) is 71.3 Å². The maximum absolute atomic E-state index is 13.1. The molecular formula is C17H19F2NO. The first-order valence-corrected chi connectivity index (χ1v) is 6.92. The molecule has 0 aliphatic carbocycles. The van der Waals surface area contributed by atoms with E-state index in [2.05, 4.69) is 4.90 Å². The van der Waals surface area contributed by atoms with Crippen molar-refractivity contribution in [3.8, 4) is 0 Å². The second kappa shape index (κ2) is 7.29. The fourth-order valence-electron chi connectivity index (χ4n) is 2.20. The molecule has 0 aliphatic heterocycles. The molecule has 1 atom stereocenters. The van der Waals surface area contributed by atoms with Gasteiger partial charge in [-0.05, 0) is 36.7 Å². The Labute approximate surface area is 123 Å². The summed E-state index contributed by atoms with van der Waals surface area (Å²) in [5.74, 6) is -1.82. The fraction of sp³-hybridized carbons (Fsp3) is 0.294. The van der Waals surface area contributed by atoms with E-state index in [1.807, 2.05) is 37.4 Å². The van der Waals surface area contributed by atoms with Crippen LogP contribution in [-0.2, 0) is 6.54 Å². The lowest BCUT2D eigenvalue weighted by molar-refractivity contribution is 0.147. The third-order valence-electron chi connectivity index (χ3n) is 3.41. The van der Waals surface area contributed by atoms with Crippen molar-refractivity contribution in [3.63, 3.8) is 0 Å². The van der Waals surface area contributed by atoms with Crippen LogP contribution >= 0.6 is 0 Å². The molecule has 2 aromatic rings. The van der Waals surface area contributed by atoms with Crippen molar-refractivity contribution in [2.75, 3.05) is 13.6 Å². The highest BCUT2D eigenvalue weighted by atomic mass is 19.2. The quantitative estimate of drug-likeness (QED) is 0.880. The van der Waals surface area contributed by atoms with Gasteiger partial charge in [-0.1, -0.05) is 36.4 Å². The van der Waals surface area contributed by atoms with Crippen molar-refractivity contribution in [1.29, 1.82) is 0 Å². The molecule has 112 valence electrons. The van der Waals surface area contributed by atoms with Crippen LogP contribution in [0.5, 0.6) is 0 Å².